The number of hydrogen-bond donors (Lipinski definition) is 1. The van der Waals surface area contributed by atoms with Gasteiger partial charge in [0.05, 0.1) is 12.7 Å². The van der Waals surface area contributed by atoms with Crippen LogP contribution in [0.15, 0.2) is 60.7 Å². The van der Waals surface area contributed by atoms with Gasteiger partial charge in [-0.1, -0.05) is 81.4 Å². The molecular formula is C21H27BO3Si. The fourth-order valence-corrected chi connectivity index (χ4v) is 8.45. The Kier molecular flexibility index (Phi) is 5.73. The first-order chi connectivity index (χ1) is 12.3. The second kappa shape index (κ2) is 7.69. The first kappa shape index (κ1) is 19.4. The van der Waals surface area contributed by atoms with Crippen LogP contribution in [0, 0.1) is 0 Å². The molecule has 0 amide bonds. The zero-order valence-corrected chi connectivity index (χ0v) is 16.8. The predicted octanol–water partition coefficient (Wildman–Crippen LogP) is 2.21. The fraction of sp³-hybridized carbons (Fsp3) is 0.429. The van der Waals surface area contributed by atoms with E-state index in [1.807, 2.05) is 12.1 Å². The molecule has 1 N–H and O–H groups in total. The largest absolute Gasteiger partial charge is 0.405 e. The van der Waals surface area contributed by atoms with Gasteiger partial charge in [-0.15, -0.1) is 0 Å². The van der Waals surface area contributed by atoms with Gasteiger partial charge in [-0.2, -0.15) is 0 Å². The molecule has 2 aromatic carbocycles. The molecule has 0 aliphatic carbocycles. The van der Waals surface area contributed by atoms with Crippen LogP contribution in [0.3, 0.4) is 0 Å². The van der Waals surface area contributed by atoms with Crippen LogP contribution in [0.2, 0.25) is 5.04 Å². The maximum Gasteiger partial charge on any atom is 0.261 e. The van der Waals surface area contributed by atoms with E-state index in [2.05, 4.69) is 69.3 Å². The maximum atomic E-state index is 10.2. The third kappa shape index (κ3) is 3.67. The second-order valence-corrected chi connectivity index (χ2v) is 12.3. The minimum atomic E-state index is -2.60. The van der Waals surface area contributed by atoms with Gasteiger partial charge in [0, 0.05) is 6.00 Å². The number of hydrogen-bond acceptors (Lipinski definition) is 3. The third-order valence-corrected chi connectivity index (χ3v) is 10.1. The highest BCUT2D eigenvalue weighted by atomic mass is 28.4. The lowest BCUT2D eigenvalue weighted by Crippen LogP contribution is -2.67. The van der Waals surface area contributed by atoms with Crippen molar-refractivity contribution in [1.82, 2.24) is 0 Å². The lowest BCUT2D eigenvalue weighted by atomic mass is 9.96. The molecule has 3 rings (SSSR count). The Morgan fingerprint density at radius 3 is 1.92 bits per heavy atom. The Morgan fingerprint density at radius 2 is 1.54 bits per heavy atom. The van der Waals surface area contributed by atoms with Crippen LogP contribution >= 0.6 is 0 Å². The van der Waals surface area contributed by atoms with E-state index in [-0.39, 0.29) is 11.1 Å². The molecule has 136 valence electrons. The number of rotatable bonds is 5. The Balaban J connectivity index is 2.03. The third-order valence-electron chi connectivity index (χ3n) is 5.13. The van der Waals surface area contributed by atoms with E-state index in [9.17, 15) is 5.11 Å². The smallest absolute Gasteiger partial charge is 0.261 e. The summed E-state index contributed by atoms with van der Waals surface area (Å²) in [7, 11) is 3.24. The van der Waals surface area contributed by atoms with Gasteiger partial charge in [0.1, 0.15) is 14.0 Å². The number of benzene rings is 2. The standard InChI is InChI=1S/C21H27BO3Si/c1-21(2,3)26(16-10-6-4-7-11-16,17-12-8-5-9-13-17)24-15-19-18(23)14-20(22)25-19/h4-13,18-20,23H,14-15H2,1-3H3/t18?,19-,20-/m1/s1. The molecule has 1 aliphatic rings. The van der Waals surface area contributed by atoms with Crippen molar-refractivity contribution in [2.45, 2.75) is 50.4 Å². The van der Waals surface area contributed by atoms with Crippen LogP contribution in [-0.4, -0.2) is 46.1 Å². The molecule has 1 aliphatic heterocycles. The number of aliphatic hydroxyl groups excluding tert-OH is 1. The molecule has 3 nitrogen and oxygen atoms in total. The molecule has 1 unspecified atom stereocenters. The van der Waals surface area contributed by atoms with Crippen LogP contribution in [0.25, 0.3) is 0 Å². The van der Waals surface area contributed by atoms with Gasteiger partial charge in [-0.25, -0.2) is 0 Å². The Morgan fingerprint density at radius 1 is 1.04 bits per heavy atom. The molecule has 0 aromatic heterocycles. The van der Waals surface area contributed by atoms with Gasteiger partial charge in [0.25, 0.3) is 8.32 Å². The summed E-state index contributed by atoms with van der Waals surface area (Å²) in [6.07, 6.45) is -0.510. The highest BCUT2D eigenvalue weighted by Gasteiger charge is 2.51. The molecule has 1 heterocycles. The van der Waals surface area contributed by atoms with E-state index >= 15 is 0 Å². The van der Waals surface area contributed by atoms with Gasteiger partial charge in [0.15, 0.2) is 0 Å². The zero-order chi connectivity index (χ0) is 18.8. The molecule has 5 heteroatoms. The lowest BCUT2D eigenvalue weighted by molar-refractivity contribution is 0.000173. The van der Waals surface area contributed by atoms with Crippen molar-refractivity contribution in [3.63, 3.8) is 0 Å². The summed E-state index contributed by atoms with van der Waals surface area (Å²) >= 11 is 0. The fourth-order valence-electron chi connectivity index (χ4n) is 3.88. The van der Waals surface area contributed by atoms with Gasteiger partial charge in [-0.3, -0.25) is 0 Å². The molecule has 1 saturated heterocycles. The quantitative estimate of drug-likeness (QED) is 0.825. The molecule has 2 aromatic rings. The van der Waals surface area contributed by atoms with Crippen LogP contribution in [0.1, 0.15) is 27.2 Å². The van der Waals surface area contributed by atoms with Gasteiger partial charge >= 0.3 is 0 Å². The summed E-state index contributed by atoms with van der Waals surface area (Å²) in [4.78, 5) is 0. The van der Waals surface area contributed by atoms with Gasteiger partial charge in [-0.05, 0) is 21.8 Å². The summed E-state index contributed by atoms with van der Waals surface area (Å²) in [6.45, 7) is 7.03. The summed E-state index contributed by atoms with van der Waals surface area (Å²) in [5.74, 6) is 0. The molecule has 0 saturated carbocycles. The van der Waals surface area contributed by atoms with Crippen LogP contribution in [-0.2, 0) is 9.16 Å². The van der Waals surface area contributed by atoms with E-state index in [4.69, 9.17) is 17.0 Å². The highest BCUT2D eigenvalue weighted by Crippen LogP contribution is 2.37. The van der Waals surface area contributed by atoms with Crippen molar-refractivity contribution >= 4 is 26.5 Å². The molecular weight excluding hydrogens is 339 g/mol. The van der Waals surface area contributed by atoms with E-state index in [1.54, 1.807) is 0 Å². The Bertz CT molecular complexity index is 663. The topological polar surface area (TPSA) is 38.7 Å². The number of aliphatic hydroxyl groups is 1. The minimum absolute atomic E-state index is 0.0959. The minimum Gasteiger partial charge on any atom is -0.405 e. The molecule has 2 radical (unpaired) electrons. The van der Waals surface area contributed by atoms with E-state index in [0.29, 0.717) is 13.0 Å². The number of ether oxygens (including phenoxy) is 1. The lowest BCUT2D eigenvalue weighted by Gasteiger charge is -2.43. The van der Waals surface area contributed by atoms with Crippen LogP contribution < -0.4 is 10.4 Å². The van der Waals surface area contributed by atoms with Crippen molar-refractivity contribution in [1.29, 1.82) is 0 Å². The molecule has 26 heavy (non-hydrogen) atoms. The molecule has 0 spiro atoms. The van der Waals surface area contributed by atoms with Crippen molar-refractivity contribution < 1.29 is 14.3 Å². The predicted molar refractivity (Wildman–Crippen MR) is 109 cm³/mol. The first-order valence-electron chi connectivity index (χ1n) is 9.19. The monoisotopic (exact) mass is 366 g/mol. The van der Waals surface area contributed by atoms with E-state index in [1.165, 1.54) is 10.4 Å². The van der Waals surface area contributed by atoms with Crippen LogP contribution in [0.5, 0.6) is 0 Å². The van der Waals surface area contributed by atoms with Crippen molar-refractivity contribution in [2.75, 3.05) is 6.61 Å². The van der Waals surface area contributed by atoms with Crippen molar-refractivity contribution in [2.24, 2.45) is 0 Å². The van der Waals surface area contributed by atoms with Crippen molar-refractivity contribution in [3.05, 3.63) is 60.7 Å². The Labute approximate surface area is 158 Å². The summed E-state index contributed by atoms with van der Waals surface area (Å²) in [6, 6.07) is 20.5. The van der Waals surface area contributed by atoms with Crippen LogP contribution in [0.4, 0.5) is 0 Å². The SMILES string of the molecule is [B][C@H]1CC(O)[C@@H](CO[Si](c2ccccc2)(c2ccccc2)C(C)(C)C)O1. The van der Waals surface area contributed by atoms with E-state index in [0.717, 1.165) is 0 Å². The molecule has 1 fully saturated rings. The average Bonchev–Trinajstić information content (AvgIpc) is 2.94. The highest BCUT2D eigenvalue weighted by molar-refractivity contribution is 6.99. The molecule has 0 bridgehead atoms. The maximum absolute atomic E-state index is 10.2. The van der Waals surface area contributed by atoms with Gasteiger partial charge in [0.2, 0.25) is 0 Å². The van der Waals surface area contributed by atoms with Gasteiger partial charge < -0.3 is 14.3 Å². The summed E-state index contributed by atoms with van der Waals surface area (Å²) < 4.78 is 12.4. The van der Waals surface area contributed by atoms with E-state index < -0.39 is 20.4 Å². The normalized spacial score (nSPS) is 23.9. The summed E-state index contributed by atoms with van der Waals surface area (Å²) in [5, 5.41) is 12.6. The molecule has 3 atom stereocenters. The van der Waals surface area contributed by atoms with Crippen molar-refractivity contribution in [3.8, 4) is 0 Å². The second-order valence-electron chi connectivity index (χ2n) is 7.99. The first-order valence-corrected chi connectivity index (χ1v) is 11.1. The zero-order valence-electron chi connectivity index (χ0n) is 15.8. The summed E-state index contributed by atoms with van der Waals surface area (Å²) in [5.41, 5.74) is 0. The average molecular weight is 366 g/mol. The Hall–Kier alpha value is -1.40.